The number of hydrogen-bond acceptors (Lipinski definition) is 2. The standard InChI is InChI=1S/C8H14O2S.C2H6/c1-11(9,10)8-5-6-2-3-7(8)4-6;1-2/h6-8H,2-5H2,1H3;1-2H3. The lowest BCUT2D eigenvalue weighted by Gasteiger charge is -2.19. The molecule has 0 heterocycles. The van der Waals surface area contributed by atoms with Gasteiger partial charge in [0.25, 0.3) is 0 Å². The van der Waals surface area contributed by atoms with Crippen molar-refractivity contribution in [2.24, 2.45) is 11.8 Å². The Bertz CT molecular complexity index is 256. The van der Waals surface area contributed by atoms with Gasteiger partial charge < -0.3 is 0 Å². The Balaban J connectivity index is 0.000000396. The van der Waals surface area contributed by atoms with Gasteiger partial charge in [0.15, 0.2) is 9.84 Å². The van der Waals surface area contributed by atoms with E-state index < -0.39 is 9.84 Å². The lowest BCUT2D eigenvalue weighted by molar-refractivity contribution is 0.467. The van der Waals surface area contributed by atoms with E-state index in [1.807, 2.05) is 13.8 Å². The first kappa shape index (κ1) is 11.0. The minimum absolute atomic E-state index is 0.0150. The molecule has 0 spiro atoms. The third-order valence-electron chi connectivity index (χ3n) is 3.22. The van der Waals surface area contributed by atoms with Gasteiger partial charge in [0.2, 0.25) is 0 Å². The van der Waals surface area contributed by atoms with Crippen LogP contribution in [0.3, 0.4) is 0 Å². The molecule has 0 radical (unpaired) electrons. The molecule has 0 aliphatic heterocycles. The van der Waals surface area contributed by atoms with Crippen LogP contribution in [-0.4, -0.2) is 19.9 Å². The van der Waals surface area contributed by atoms with Gasteiger partial charge in [-0.25, -0.2) is 8.42 Å². The minimum Gasteiger partial charge on any atom is -0.229 e. The summed E-state index contributed by atoms with van der Waals surface area (Å²) >= 11 is 0. The molecule has 13 heavy (non-hydrogen) atoms. The molecule has 3 atom stereocenters. The highest BCUT2D eigenvalue weighted by Crippen LogP contribution is 2.47. The second-order valence-corrected chi connectivity index (χ2v) is 6.31. The molecular formula is C10H20O2S. The van der Waals surface area contributed by atoms with E-state index in [2.05, 4.69) is 0 Å². The Morgan fingerprint density at radius 1 is 1.08 bits per heavy atom. The van der Waals surface area contributed by atoms with Gasteiger partial charge >= 0.3 is 0 Å². The van der Waals surface area contributed by atoms with Crippen LogP contribution < -0.4 is 0 Å². The van der Waals surface area contributed by atoms with E-state index in [1.165, 1.54) is 19.1 Å². The van der Waals surface area contributed by atoms with Crippen molar-refractivity contribution >= 4 is 9.84 Å². The third kappa shape index (κ3) is 2.25. The largest absolute Gasteiger partial charge is 0.229 e. The van der Waals surface area contributed by atoms with Gasteiger partial charge in [0, 0.05) is 6.26 Å². The van der Waals surface area contributed by atoms with E-state index in [9.17, 15) is 8.42 Å². The predicted octanol–water partition coefficient (Wildman–Crippen LogP) is 2.25. The summed E-state index contributed by atoms with van der Waals surface area (Å²) in [6, 6.07) is 0. The number of hydrogen-bond donors (Lipinski definition) is 0. The van der Waals surface area contributed by atoms with Gasteiger partial charge in [-0.3, -0.25) is 0 Å². The van der Waals surface area contributed by atoms with E-state index in [0.717, 1.165) is 18.8 Å². The Kier molecular flexibility index (Phi) is 3.38. The molecule has 3 heteroatoms. The van der Waals surface area contributed by atoms with Crippen LogP contribution in [0.4, 0.5) is 0 Å². The van der Waals surface area contributed by atoms with Crippen molar-refractivity contribution in [1.29, 1.82) is 0 Å². The highest BCUT2D eigenvalue weighted by molar-refractivity contribution is 7.91. The Labute approximate surface area is 81.6 Å². The average Bonchev–Trinajstić information content (AvgIpc) is 2.66. The number of fused-ring (bicyclic) bond motifs is 2. The fourth-order valence-corrected chi connectivity index (χ4v) is 4.28. The molecule has 0 N–H and O–H groups in total. The number of rotatable bonds is 1. The lowest BCUT2D eigenvalue weighted by atomic mass is 10.0. The monoisotopic (exact) mass is 204 g/mol. The van der Waals surface area contributed by atoms with Gasteiger partial charge in [-0.2, -0.15) is 0 Å². The molecule has 2 saturated carbocycles. The van der Waals surface area contributed by atoms with Crippen molar-refractivity contribution in [2.75, 3.05) is 6.26 Å². The molecule has 2 fully saturated rings. The fourth-order valence-electron chi connectivity index (χ4n) is 2.71. The Morgan fingerprint density at radius 3 is 1.92 bits per heavy atom. The van der Waals surface area contributed by atoms with Crippen LogP contribution in [0.5, 0.6) is 0 Å². The maximum atomic E-state index is 11.2. The third-order valence-corrected chi connectivity index (χ3v) is 4.90. The van der Waals surface area contributed by atoms with E-state index in [-0.39, 0.29) is 5.25 Å². The zero-order valence-electron chi connectivity index (χ0n) is 8.79. The maximum absolute atomic E-state index is 11.2. The molecule has 2 nitrogen and oxygen atoms in total. The first-order valence-corrected chi connectivity index (χ1v) is 7.21. The first-order chi connectivity index (χ1) is 6.07. The smallest absolute Gasteiger partial charge is 0.150 e. The normalized spacial score (nSPS) is 37.0. The van der Waals surface area contributed by atoms with Crippen LogP contribution >= 0.6 is 0 Å². The van der Waals surface area contributed by atoms with Gasteiger partial charge in [-0.05, 0) is 31.1 Å². The van der Waals surface area contributed by atoms with Gasteiger partial charge in [-0.1, -0.05) is 20.3 Å². The van der Waals surface area contributed by atoms with E-state index in [1.54, 1.807) is 0 Å². The maximum Gasteiger partial charge on any atom is 0.150 e. The summed E-state index contributed by atoms with van der Waals surface area (Å²) in [5.74, 6) is 1.25. The lowest BCUT2D eigenvalue weighted by Crippen LogP contribution is -2.25. The summed E-state index contributed by atoms with van der Waals surface area (Å²) in [4.78, 5) is 0. The second kappa shape index (κ2) is 3.99. The Hall–Kier alpha value is -0.0500. The highest BCUT2D eigenvalue weighted by atomic mass is 32.2. The summed E-state index contributed by atoms with van der Waals surface area (Å²) in [7, 11) is -2.73. The van der Waals surface area contributed by atoms with Crippen LogP contribution in [0.2, 0.25) is 0 Å². The summed E-state index contributed by atoms with van der Waals surface area (Å²) < 4.78 is 22.4. The topological polar surface area (TPSA) is 34.1 Å². The van der Waals surface area contributed by atoms with Gasteiger partial charge in [0.1, 0.15) is 0 Å². The van der Waals surface area contributed by atoms with E-state index in [4.69, 9.17) is 0 Å². The molecule has 2 rings (SSSR count). The molecule has 78 valence electrons. The van der Waals surface area contributed by atoms with Crippen molar-refractivity contribution in [3.63, 3.8) is 0 Å². The van der Waals surface area contributed by atoms with Crippen LogP contribution in [0.25, 0.3) is 0 Å². The van der Waals surface area contributed by atoms with Crippen molar-refractivity contribution in [3.05, 3.63) is 0 Å². The van der Waals surface area contributed by atoms with Crippen molar-refractivity contribution in [2.45, 2.75) is 44.8 Å². The summed E-state index contributed by atoms with van der Waals surface area (Å²) in [5.41, 5.74) is 0. The second-order valence-electron chi connectivity index (χ2n) is 4.04. The molecule has 0 aromatic rings. The molecular weight excluding hydrogens is 184 g/mol. The van der Waals surface area contributed by atoms with Crippen molar-refractivity contribution in [3.8, 4) is 0 Å². The average molecular weight is 204 g/mol. The summed E-state index contributed by atoms with van der Waals surface area (Å²) in [5, 5.41) is 0.0150. The molecule has 2 aliphatic rings. The molecule has 2 bridgehead atoms. The van der Waals surface area contributed by atoms with Crippen molar-refractivity contribution in [1.82, 2.24) is 0 Å². The fraction of sp³-hybridized carbons (Fsp3) is 1.00. The van der Waals surface area contributed by atoms with E-state index >= 15 is 0 Å². The van der Waals surface area contributed by atoms with Crippen LogP contribution in [0.15, 0.2) is 0 Å². The Morgan fingerprint density at radius 2 is 1.69 bits per heavy atom. The highest BCUT2D eigenvalue weighted by Gasteiger charge is 2.44. The van der Waals surface area contributed by atoms with Gasteiger partial charge in [-0.15, -0.1) is 0 Å². The van der Waals surface area contributed by atoms with E-state index in [0.29, 0.717) is 5.92 Å². The molecule has 3 unspecified atom stereocenters. The molecule has 0 amide bonds. The molecule has 0 aromatic carbocycles. The van der Waals surface area contributed by atoms with Crippen LogP contribution in [-0.2, 0) is 9.84 Å². The zero-order chi connectivity index (χ0) is 10.1. The number of sulfone groups is 1. The minimum atomic E-state index is -2.73. The first-order valence-electron chi connectivity index (χ1n) is 5.26. The quantitative estimate of drug-likeness (QED) is 0.656. The summed E-state index contributed by atoms with van der Waals surface area (Å²) in [6.45, 7) is 4.00. The van der Waals surface area contributed by atoms with Gasteiger partial charge in [0.05, 0.1) is 5.25 Å². The van der Waals surface area contributed by atoms with Crippen LogP contribution in [0.1, 0.15) is 39.5 Å². The molecule has 2 aliphatic carbocycles. The molecule has 0 aromatic heterocycles. The predicted molar refractivity (Wildman–Crippen MR) is 55.4 cm³/mol. The SMILES string of the molecule is CC.CS(=O)(=O)C1CC2CCC1C2. The molecule has 0 saturated heterocycles. The zero-order valence-corrected chi connectivity index (χ0v) is 9.60. The van der Waals surface area contributed by atoms with Crippen molar-refractivity contribution < 1.29 is 8.42 Å². The van der Waals surface area contributed by atoms with Crippen LogP contribution in [0, 0.1) is 11.8 Å². The summed E-state index contributed by atoms with van der Waals surface area (Å²) in [6.07, 6.45) is 5.94.